The molecule has 2 N–H and O–H groups in total. The molecule has 1 aromatic heterocycles. The molecule has 1 aromatic carbocycles. The zero-order valence-corrected chi connectivity index (χ0v) is 14.1. The van der Waals surface area contributed by atoms with E-state index >= 15 is 0 Å². The molecule has 3 atom stereocenters. The van der Waals surface area contributed by atoms with E-state index in [9.17, 15) is 4.79 Å². The number of benzene rings is 1. The molecule has 0 amide bonds. The van der Waals surface area contributed by atoms with Crippen molar-refractivity contribution in [1.29, 1.82) is 0 Å². The average Bonchev–Trinajstić information content (AvgIpc) is 2.80. The van der Waals surface area contributed by atoms with E-state index < -0.39 is 0 Å². The van der Waals surface area contributed by atoms with Crippen LogP contribution in [-0.2, 0) is 0 Å². The van der Waals surface area contributed by atoms with Gasteiger partial charge in [-0.15, -0.1) is 0 Å². The predicted molar refractivity (Wildman–Crippen MR) is 90.7 cm³/mol. The number of hydrogen-bond acceptors (Lipinski definition) is 1. The molecule has 0 radical (unpaired) electrons. The first kappa shape index (κ1) is 15.3. The standard InChI is InChI=1S/C19H26N2O/c1-12-7-8-16-17(10-12)20-14(3)18(16)19(22)15(4)21-9-5-6-13(2)11-21/h7-8,10,13,15,20H,5-6,9,11H2,1-4H3/p+1/t13-,15+/m0/s1. The van der Waals surface area contributed by atoms with Gasteiger partial charge in [-0.1, -0.05) is 19.1 Å². The molecular weight excluding hydrogens is 272 g/mol. The Hall–Kier alpha value is -1.61. The van der Waals surface area contributed by atoms with Crippen LogP contribution >= 0.6 is 0 Å². The van der Waals surface area contributed by atoms with Crippen LogP contribution < -0.4 is 4.90 Å². The number of aromatic amines is 1. The van der Waals surface area contributed by atoms with E-state index in [0.29, 0.717) is 0 Å². The smallest absolute Gasteiger partial charge is 0.222 e. The van der Waals surface area contributed by atoms with Gasteiger partial charge in [-0.2, -0.15) is 0 Å². The Morgan fingerprint density at radius 2 is 2.14 bits per heavy atom. The van der Waals surface area contributed by atoms with Gasteiger partial charge in [-0.05, 0) is 45.2 Å². The van der Waals surface area contributed by atoms with Gasteiger partial charge in [0.15, 0.2) is 0 Å². The number of hydrogen-bond donors (Lipinski definition) is 2. The zero-order valence-electron chi connectivity index (χ0n) is 14.1. The van der Waals surface area contributed by atoms with Crippen molar-refractivity contribution < 1.29 is 9.69 Å². The largest absolute Gasteiger partial charge is 0.358 e. The van der Waals surface area contributed by atoms with Crippen molar-refractivity contribution in [2.75, 3.05) is 13.1 Å². The van der Waals surface area contributed by atoms with Gasteiger partial charge in [0.2, 0.25) is 5.78 Å². The van der Waals surface area contributed by atoms with E-state index in [1.54, 1.807) is 0 Å². The summed E-state index contributed by atoms with van der Waals surface area (Å²) in [7, 11) is 0. The minimum atomic E-state index is 0.0433. The van der Waals surface area contributed by atoms with E-state index in [1.807, 2.05) is 6.92 Å². The molecule has 0 aliphatic carbocycles. The lowest BCUT2D eigenvalue weighted by Crippen LogP contribution is -3.17. The van der Waals surface area contributed by atoms with Crippen molar-refractivity contribution in [3.8, 4) is 0 Å². The fourth-order valence-corrected chi connectivity index (χ4v) is 3.89. The van der Waals surface area contributed by atoms with Gasteiger partial charge >= 0.3 is 0 Å². The lowest BCUT2D eigenvalue weighted by atomic mass is 9.95. The molecular formula is C19H27N2O+. The summed E-state index contributed by atoms with van der Waals surface area (Å²) in [5.74, 6) is 1.02. The maximum absolute atomic E-state index is 13.1. The van der Waals surface area contributed by atoms with Crippen LogP contribution in [0.3, 0.4) is 0 Å². The number of ketones is 1. The third-order valence-corrected chi connectivity index (χ3v) is 5.20. The molecule has 1 aliphatic rings. The Kier molecular flexibility index (Phi) is 4.09. The molecule has 1 fully saturated rings. The second-order valence-corrected chi connectivity index (χ2v) is 7.12. The number of carbonyl (C=O) groups excluding carboxylic acids is 1. The summed E-state index contributed by atoms with van der Waals surface area (Å²) in [5, 5.41) is 1.07. The molecule has 0 saturated carbocycles. The van der Waals surface area contributed by atoms with Crippen molar-refractivity contribution in [3.05, 3.63) is 35.0 Å². The summed E-state index contributed by atoms with van der Waals surface area (Å²) >= 11 is 0. The number of nitrogens with one attached hydrogen (secondary N) is 2. The maximum atomic E-state index is 13.1. The number of piperidine rings is 1. The first-order chi connectivity index (χ1) is 10.5. The number of aryl methyl sites for hydroxylation is 2. The molecule has 0 bridgehead atoms. The van der Waals surface area contributed by atoms with Crippen LogP contribution in [0.4, 0.5) is 0 Å². The first-order valence-electron chi connectivity index (χ1n) is 8.45. The molecule has 2 heterocycles. The Bertz CT molecular complexity index is 701. The third kappa shape index (κ3) is 2.70. The van der Waals surface area contributed by atoms with Gasteiger partial charge < -0.3 is 9.88 Å². The SMILES string of the molecule is Cc1ccc2c(C(=O)[C@@H](C)[NH+]3CCC[C@H](C)C3)c(C)[nH]c2c1. The second-order valence-electron chi connectivity index (χ2n) is 7.12. The summed E-state index contributed by atoms with van der Waals surface area (Å²) in [5.41, 5.74) is 4.20. The number of likely N-dealkylation sites (tertiary alicyclic amines) is 1. The van der Waals surface area contributed by atoms with Crippen molar-refractivity contribution in [1.82, 2.24) is 4.98 Å². The van der Waals surface area contributed by atoms with E-state index in [2.05, 4.69) is 44.0 Å². The molecule has 118 valence electrons. The van der Waals surface area contributed by atoms with Gasteiger partial charge in [0.05, 0.1) is 18.7 Å². The fraction of sp³-hybridized carbons (Fsp3) is 0.526. The quantitative estimate of drug-likeness (QED) is 0.840. The van der Waals surface area contributed by atoms with Crippen LogP contribution in [0.1, 0.15) is 48.3 Å². The highest BCUT2D eigenvalue weighted by Crippen LogP contribution is 2.24. The normalized spacial score (nSPS) is 23.6. The van der Waals surface area contributed by atoms with E-state index in [-0.39, 0.29) is 11.8 Å². The number of aromatic nitrogens is 1. The molecule has 0 spiro atoms. The zero-order chi connectivity index (χ0) is 15.9. The fourth-order valence-electron chi connectivity index (χ4n) is 3.89. The number of H-pyrrole nitrogens is 1. The summed E-state index contributed by atoms with van der Waals surface area (Å²) in [6, 6.07) is 6.34. The van der Waals surface area contributed by atoms with E-state index in [0.717, 1.165) is 41.2 Å². The number of carbonyl (C=O) groups is 1. The minimum absolute atomic E-state index is 0.0433. The van der Waals surface area contributed by atoms with Crippen LogP contribution in [0.25, 0.3) is 10.9 Å². The predicted octanol–water partition coefficient (Wildman–Crippen LogP) is 2.67. The Morgan fingerprint density at radius 3 is 2.86 bits per heavy atom. The van der Waals surface area contributed by atoms with Crippen LogP contribution in [0.2, 0.25) is 0 Å². The molecule has 2 aromatic rings. The minimum Gasteiger partial charge on any atom is -0.358 e. The summed E-state index contributed by atoms with van der Waals surface area (Å²) in [4.78, 5) is 17.9. The molecule has 1 saturated heterocycles. The number of fused-ring (bicyclic) bond motifs is 1. The Labute approximate surface area is 132 Å². The molecule has 3 rings (SSSR count). The van der Waals surface area contributed by atoms with Gasteiger partial charge in [0.1, 0.15) is 6.04 Å². The molecule has 3 heteroatoms. The summed E-state index contributed by atoms with van der Waals surface area (Å²) in [6.45, 7) is 10.7. The molecule has 1 aliphatic heterocycles. The molecule has 22 heavy (non-hydrogen) atoms. The third-order valence-electron chi connectivity index (χ3n) is 5.20. The Morgan fingerprint density at radius 1 is 1.36 bits per heavy atom. The summed E-state index contributed by atoms with van der Waals surface area (Å²) < 4.78 is 0. The van der Waals surface area contributed by atoms with Crippen LogP contribution in [-0.4, -0.2) is 29.9 Å². The monoisotopic (exact) mass is 299 g/mol. The highest BCUT2D eigenvalue weighted by atomic mass is 16.1. The van der Waals surface area contributed by atoms with Crippen LogP contribution in [0.15, 0.2) is 18.2 Å². The van der Waals surface area contributed by atoms with E-state index in [4.69, 9.17) is 0 Å². The lowest BCUT2D eigenvalue weighted by Gasteiger charge is -2.31. The lowest BCUT2D eigenvalue weighted by molar-refractivity contribution is -0.921. The van der Waals surface area contributed by atoms with Crippen LogP contribution in [0.5, 0.6) is 0 Å². The first-order valence-corrected chi connectivity index (χ1v) is 8.45. The molecule has 1 unspecified atom stereocenters. The van der Waals surface area contributed by atoms with E-state index in [1.165, 1.54) is 23.3 Å². The summed E-state index contributed by atoms with van der Waals surface area (Å²) in [6.07, 6.45) is 2.54. The Balaban J connectivity index is 1.93. The highest BCUT2D eigenvalue weighted by molar-refractivity contribution is 6.11. The highest BCUT2D eigenvalue weighted by Gasteiger charge is 2.32. The average molecular weight is 299 g/mol. The topological polar surface area (TPSA) is 37.3 Å². The van der Waals surface area contributed by atoms with Crippen LogP contribution in [0, 0.1) is 19.8 Å². The molecule has 3 nitrogen and oxygen atoms in total. The van der Waals surface area contributed by atoms with Gasteiger partial charge in [-0.3, -0.25) is 4.79 Å². The van der Waals surface area contributed by atoms with Gasteiger partial charge in [0.25, 0.3) is 0 Å². The van der Waals surface area contributed by atoms with Crippen molar-refractivity contribution in [2.24, 2.45) is 5.92 Å². The maximum Gasteiger partial charge on any atom is 0.222 e. The number of Topliss-reactive ketones (excluding diaryl/α,β-unsaturated/α-hetero) is 1. The van der Waals surface area contributed by atoms with Crippen molar-refractivity contribution in [3.63, 3.8) is 0 Å². The van der Waals surface area contributed by atoms with Crippen molar-refractivity contribution in [2.45, 2.75) is 46.6 Å². The second kappa shape index (κ2) is 5.88. The van der Waals surface area contributed by atoms with Gasteiger partial charge in [0, 0.05) is 22.5 Å². The van der Waals surface area contributed by atoms with Gasteiger partial charge in [-0.25, -0.2) is 0 Å². The number of rotatable bonds is 3. The van der Waals surface area contributed by atoms with Crippen molar-refractivity contribution >= 4 is 16.7 Å². The number of quaternary nitrogens is 1.